The molecule has 0 aliphatic heterocycles. The van der Waals surface area contributed by atoms with Gasteiger partial charge in [0.25, 0.3) is 0 Å². The van der Waals surface area contributed by atoms with Crippen LogP contribution in [-0.4, -0.2) is 22.1 Å². The second kappa shape index (κ2) is 6.45. The van der Waals surface area contributed by atoms with Crippen LogP contribution in [0.5, 0.6) is 0 Å². The van der Waals surface area contributed by atoms with E-state index in [0.29, 0.717) is 5.11 Å². The van der Waals surface area contributed by atoms with Gasteiger partial charge in [-0.3, -0.25) is 9.97 Å². The lowest BCUT2D eigenvalue weighted by Crippen LogP contribution is -2.30. The predicted molar refractivity (Wildman–Crippen MR) is 108 cm³/mol. The summed E-state index contributed by atoms with van der Waals surface area (Å²) in [6.07, 6.45) is 3.58. The van der Waals surface area contributed by atoms with Gasteiger partial charge >= 0.3 is 0 Å². The maximum Gasteiger partial charge on any atom is 0.177 e. The Hall–Kier alpha value is -3.05. The van der Waals surface area contributed by atoms with Crippen molar-refractivity contribution in [3.63, 3.8) is 0 Å². The number of nitrogens with one attached hydrogen (secondary N) is 1. The maximum atomic E-state index is 5.61. The lowest BCUT2D eigenvalue weighted by atomic mass is 10.1. The van der Waals surface area contributed by atoms with Crippen molar-refractivity contribution in [3.8, 4) is 0 Å². The first kappa shape index (κ1) is 15.5. The van der Waals surface area contributed by atoms with Crippen molar-refractivity contribution in [1.82, 2.24) is 9.97 Å². The molecule has 0 radical (unpaired) electrons. The van der Waals surface area contributed by atoms with E-state index in [4.69, 9.17) is 12.2 Å². The highest BCUT2D eigenvalue weighted by molar-refractivity contribution is 7.80. The van der Waals surface area contributed by atoms with E-state index in [1.165, 1.54) is 0 Å². The Labute approximate surface area is 151 Å². The Balaban J connectivity index is 1.77. The molecule has 1 N–H and O–H groups in total. The third kappa shape index (κ3) is 2.90. The quantitative estimate of drug-likeness (QED) is 0.425. The summed E-state index contributed by atoms with van der Waals surface area (Å²) in [5.74, 6) is 0. The van der Waals surface area contributed by atoms with E-state index in [9.17, 15) is 0 Å². The first-order chi connectivity index (χ1) is 12.2. The van der Waals surface area contributed by atoms with Crippen molar-refractivity contribution in [2.45, 2.75) is 0 Å². The number of nitrogens with zero attached hydrogens (tertiary/aromatic N) is 3. The monoisotopic (exact) mass is 344 g/mol. The highest BCUT2D eigenvalue weighted by atomic mass is 32.1. The Morgan fingerprint density at radius 2 is 1.64 bits per heavy atom. The number of para-hydroxylation sites is 1. The van der Waals surface area contributed by atoms with E-state index in [-0.39, 0.29) is 0 Å². The highest BCUT2D eigenvalue weighted by Gasteiger charge is 2.12. The second-order valence-corrected chi connectivity index (χ2v) is 6.11. The van der Waals surface area contributed by atoms with Gasteiger partial charge in [0.05, 0.1) is 16.7 Å². The molecule has 2 aromatic heterocycles. The molecule has 0 aliphatic carbocycles. The van der Waals surface area contributed by atoms with Gasteiger partial charge in [-0.25, -0.2) is 0 Å². The number of benzene rings is 2. The van der Waals surface area contributed by atoms with Crippen molar-refractivity contribution in [2.24, 2.45) is 0 Å². The molecule has 5 heteroatoms. The van der Waals surface area contributed by atoms with Gasteiger partial charge in [-0.15, -0.1) is 0 Å². The van der Waals surface area contributed by atoms with Crippen molar-refractivity contribution in [2.75, 3.05) is 17.3 Å². The lowest BCUT2D eigenvalue weighted by molar-refractivity contribution is 1.28. The summed E-state index contributed by atoms with van der Waals surface area (Å²) < 4.78 is 0. The lowest BCUT2D eigenvalue weighted by Gasteiger charge is -2.22. The summed E-state index contributed by atoms with van der Waals surface area (Å²) in [6, 6.07) is 20.0. The first-order valence-corrected chi connectivity index (χ1v) is 8.37. The average Bonchev–Trinajstić information content (AvgIpc) is 2.68. The number of pyridine rings is 2. The van der Waals surface area contributed by atoms with Crippen LogP contribution >= 0.6 is 12.2 Å². The number of thiocarbonyl (C=S) groups is 1. The van der Waals surface area contributed by atoms with Gasteiger partial charge in [0.1, 0.15) is 0 Å². The van der Waals surface area contributed by atoms with Gasteiger partial charge in [0.2, 0.25) is 0 Å². The minimum absolute atomic E-state index is 0.625. The summed E-state index contributed by atoms with van der Waals surface area (Å²) in [5.41, 5.74) is 3.72. The summed E-state index contributed by atoms with van der Waals surface area (Å²) in [6.45, 7) is 0. The molecule has 0 aliphatic rings. The summed E-state index contributed by atoms with van der Waals surface area (Å²) in [4.78, 5) is 10.9. The zero-order chi connectivity index (χ0) is 17.2. The number of aromatic nitrogens is 2. The van der Waals surface area contributed by atoms with Crippen LogP contribution in [0.15, 0.2) is 73.1 Å². The van der Waals surface area contributed by atoms with E-state index in [2.05, 4.69) is 21.4 Å². The molecule has 25 heavy (non-hydrogen) atoms. The smallest absolute Gasteiger partial charge is 0.177 e. The molecule has 0 amide bonds. The molecule has 122 valence electrons. The van der Waals surface area contributed by atoms with Crippen molar-refractivity contribution in [3.05, 3.63) is 73.1 Å². The third-order valence-electron chi connectivity index (χ3n) is 4.15. The fourth-order valence-corrected chi connectivity index (χ4v) is 3.06. The molecule has 0 saturated heterocycles. The Kier molecular flexibility index (Phi) is 3.99. The summed E-state index contributed by atoms with van der Waals surface area (Å²) in [5, 5.41) is 6.02. The van der Waals surface area contributed by atoms with Gasteiger partial charge in [-0.05, 0) is 48.6 Å². The van der Waals surface area contributed by atoms with Crippen LogP contribution in [0.2, 0.25) is 0 Å². The van der Waals surface area contributed by atoms with E-state index < -0.39 is 0 Å². The minimum Gasteiger partial charge on any atom is -0.332 e. The molecule has 4 nitrogen and oxygen atoms in total. The molecular formula is C20H16N4S. The van der Waals surface area contributed by atoms with Crippen LogP contribution in [0.4, 0.5) is 11.4 Å². The highest BCUT2D eigenvalue weighted by Crippen LogP contribution is 2.29. The Morgan fingerprint density at radius 1 is 0.920 bits per heavy atom. The van der Waals surface area contributed by atoms with Crippen molar-refractivity contribution < 1.29 is 0 Å². The third-order valence-corrected chi connectivity index (χ3v) is 4.53. The van der Waals surface area contributed by atoms with Crippen LogP contribution in [0, 0.1) is 0 Å². The van der Waals surface area contributed by atoms with E-state index in [1.54, 1.807) is 12.4 Å². The number of rotatable bonds is 2. The molecule has 2 aromatic carbocycles. The van der Waals surface area contributed by atoms with Gasteiger partial charge in [-0.2, -0.15) is 0 Å². The summed E-state index contributed by atoms with van der Waals surface area (Å²) >= 11 is 5.61. The summed E-state index contributed by atoms with van der Waals surface area (Å²) in [7, 11) is 1.95. The van der Waals surface area contributed by atoms with Gasteiger partial charge in [0.15, 0.2) is 5.11 Å². The molecule has 4 rings (SSSR count). The Morgan fingerprint density at radius 3 is 2.44 bits per heavy atom. The fourth-order valence-electron chi connectivity index (χ4n) is 2.85. The van der Waals surface area contributed by atoms with Crippen LogP contribution in [0.1, 0.15) is 0 Å². The minimum atomic E-state index is 0.625. The van der Waals surface area contributed by atoms with Crippen molar-refractivity contribution in [1.29, 1.82) is 0 Å². The number of hydrogen-bond acceptors (Lipinski definition) is 3. The molecule has 0 fully saturated rings. The van der Waals surface area contributed by atoms with Gasteiger partial charge in [0, 0.05) is 35.9 Å². The van der Waals surface area contributed by atoms with Crippen molar-refractivity contribution >= 4 is 50.5 Å². The topological polar surface area (TPSA) is 41.0 Å². The standard InChI is InChI=1S/C20H16N4S/c1-24(15-8-3-2-4-9-15)20(25)23-17-13-14-7-5-11-21-18(14)19-16(17)10-6-12-22-19/h2-13H,1H3,(H,23,25). The molecule has 0 atom stereocenters. The van der Waals surface area contributed by atoms with Crippen LogP contribution in [-0.2, 0) is 0 Å². The molecular weight excluding hydrogens is 328 g/mol. The SMILES string of the molecule is CN(C(=S)Nc1cc2cccnc2c2ncccc12)c1ccccc1. The van der Waals surface area contributed by atoms with Gasteiger partial charge in [-0.1, -0.05) is 24.3 Å². The Bertz CT molecular complexity index is 1060. The number of fused-ring (bicyclic) bond motifs is 3. The molecule has 0 unspecified atom stereocenters. The second-order valence-electron chi connectivity index (χ2n) is 5.72. The first-order valence-electron chi connectivity index (χ1n) is 7.96. The largest absolute Gasteiger partial charge is 0.332 e. The van der Waals surface area contributed by atoms with Crippen LogP contribution in [0.3, 0.4) is 0 Å². The zero-order valence-corrected chi connectivity index (χ0v) is 14.5. The molecule has 2 heterocycles. The van der Waals surface area contributed by atoms with Gasteiger partial charge < -0.3 is 10.2 Å². The normalized spacial score (nSPS) is 10.8. The van der Waals surface area contributed by atoms with Crippen LogP contribution in [0.25, 0.3) is 21.8 Å². The zero-order valence-electron chi connectivity index (χ0n) is 13.7. The van der Waals surface area contributed by atoms with E-state index >= 15 is 0 Å². The number of anilines is 2. The molecule has 4 aromatic rings. The van der Waals surface area contributed by atoms with E-state index in [0.717, 1.165) is 33.2 Å². The number of hydrogen-bond donors (Lipinski definition) is 1. The predicted octanol–water partition coefficient (Wildman–Crippen LogP) is 4.62. The molecule has 0 saturated carbocycles. The average molecular weight is 344 g/mol. The van der Waals surface area contributed by atoms with Crippen LogP contribution < -0.4 is 10.2 Å². The molecule has 0 spiro atoms. The fraction of sp³-hybridized carbons (Fsp3) is 0.0500. The maximum absolute atomic E-state index is 5.61. The van der Waals surface area contributed by atoms with E-state index in [1.807, 2.05) is 66.5 Å². The molecule has 0 bridgehead atoms.